The second-order valence-corrected chi connectivity index (χ2v) is 9.16. The van der Waals surface area contributed by atoms with Crippen LogP contribution in [-0.4, -0.2) is 58.2 Å². The zero-order chi connectivity index (χ0) is 20.0. The molecule has 0 radical (unpaired) electrons. The smallest absolute Gasteiger partial charge is 0.169 e. The van der Waals surface area contributed by atoms with Crippen LogP contribution in [0.25, 0.3) is 10.9 Å². The van der Waals surface area contributed by atoms with Crippen molar-refractivity contribution < 1.29 is 0 Å². The van der Waals surface area contributed by atoms with Gasteiger partial charge < -0.3 is 19.7 Å². The summed E-state index contributed by atoms with van der Waals surface area (Å²) >= 11 is 5.69. The maximum atomic E-state index is 5.69. The molecule has 1 aromatic carbocycles. The Balaban J connectivity index is 1.65. The van der Waals surface area contributed by atoms with Gasteiger partial charge in [0.1, 0.15) is 0 Å². The molecule has 1 aliphatic carbocycles. The summed E-state index contributed by atoms with van der Waals surface area (Å²) in [6, 6.07) is 8.39. The molecule has 2 aromatic rings. The summed E-state index contributed by atoms with van der Waals surface area (Å²) in [5.74, 6) is 0.565. The van der Waals surface area contributed by atoms with Gasteiger partial charge >= 0.3 is 0 Å². The Kier molecular flexibility index (Phi) is 5.41. The molecule has 1 saturated heterocycles. The average molecular weight is 399 g/mol. The molecular formula is C23H34N4S. The number of aromatic nitrogens is 1. The number of likely N-dealkylation sites (N-methyl/N-ethyl adjacent to an activating group) is 1. The molecule has 1 fully saturated rings. The number of piperidine rings is 1. The zero-order valence-corrected chi connectivity index (χ0v) is 18.7. The average Bonchev–Trinajstić information content (AvgIpc) is 3.04. The van der Waals surface area contributed by atoms with E-state index in [0.29, 0.717) is 24.0 Å². The van der Waals surface area contributed by atoms with Gasteiger partial charge in [0.25, 0.3) is 0 Å². The van der Waals surface area contributed by atoms with Crippen LogP contribution >= 0.6 is 12.2 Å². The number of benzene rings is 1. The molecule has 0 spiro atoms. The molecule has 4 nitrogen and oxygen atoms in total. The third kappa shape index (κ3) is 3.22. The van der Waals surface area contributed by atoms with Crippen molar-refractivity contribution in [3.8, 4) is 0 Å². The first-order chi connectivity index (χ1) is 13.4. The SMILES string of the molecule is CCN(CC)C(=S)N[C@H]1C[C@@H]2c3cccc4c3c(cn4C(C)C)C[C@H]2N(C)C1. The van der Waals surface area contributed by atoms with Crippen molar-refractivity contribution in [1.82, 2.24) is 19.7 Å². The van der Waals surface area contributed by atoms with E-state index in [2.05, 4.69) is 78.8 Å². The fourth-order valence-corrected chi connectivity index (χ4v) is 5.81. The number of nitrogens with zero attached hydrogens (tertiary/aromatic N) is 3. The molecule has 1 aliphatic heterocycles. The Morgan fingerprint density at radius 1 is 1.29 bits per heavy atom. The van der Waals surface area contributed by atoms with Gasteiger partial charge in [0.2, 0.25) is 0 Å². The summed E-state index contributed by atoms with van der Waals surface area (Å²) in [7, 11) is 2.29. The molecule has 28 heavy (non-hydrogen) atoms. The second-order valence-electron chi connectivity index (χ2n) is 8.77. The van der Waals surface area contributed by atoms with Crippen molar-refractivity contribution in [2.75, 3.05) is 26.7 Å². The van der Waals surface area contributed by atoms with Gasteiger partial charge in [-0.05, 0) is 77.0 Å². The third-order valence-electron chi connectivity index (χ3n) is 6.81. The standard InChI is InChI=1S/C23H34N4S/c1-6-26(7-2)23(28)24-17-12-19-18-9-8-10-20-22(18)16(13-27(20)15(3)4)11-21(19)25(5)14-17/h8-10,13,15,17,19,21H,6-7,11-12,14H2,1-5H3,(H,24,28)/t17-,19+,21+/m0/s1. The number of hydrogen-bond acceptors (Lipinski definition) is 2. The van der Waals surface area contributed by atoms with E-state index in [0.717, 1.165) is 37.6 Å². The van der Waals surface area contributed by atoms with Gasteiger partial charge in [-0.15, -0.1) is 0 Å². The second kappa shape index (κ2) is 7.68. The van der Waals surface area contributed by atoms with Crippen LogP contribution in [0.3, 0.4) is 0 Å². The molecule has 0 amide bonds. The Morgan fingerprint density at radius 3 is 2.71 bits per heavy atom. The Morgan fingerprint density at radius 2 is 2.04 bits per heavy atom. The van der Waals surface area contributed by atoms with Crippen molar-refractivity contribution in [2.45, 2.75) is 64.6 Å². The summed E-state index contributed by atoms with van der Waals surface area (Å²) in [4.78, 5) is 4.80. The van der Waals surface area contributed by atoms with Crippen LogP contribution in [0, 0.1) is 0 Å². The molecule has 0 saturated carbocycles. The fraction of sp³-hybridized carbons (Fsp3) is 0.609. The topological polar surface area (TPSA) is 23.4 Å². The summed E-state index contributed by atoms with van der Waals surface area (Å²) in [6.07, 6.45) is 4.71. The van der Waals surface area contributed by atoms with Crippen LogP contribution in [-0.2, 0) is 6.42 Å². The van der Waals surface area contributed by atoms with Gasteiger partial charge in [-0.3, -0.25) is 0 Å². The number of likely N-dealkylation sites (tertiary alicyclic amines) is 1. The lowest BCUT2D eigenvalue weighted by Crippen LogP contribution is -2.56. The van der Waals surface area contributed by atoms with Gasteiger partial charge in [-0.2, -0.15) is 0 Å². The molecule has 5 heteroatoms. The quantitative estimate of drug-likeness (QED) is 0.782. The molecule has 3 atom stereocenters. The number of fused-ring (bicyclic) bond motifs is 2. The zero-order valence-electron chi connectivity index (χ0n) is 17.9. The van der Waals surface area contributed by atoms with Crippen LogP contribution in [0.1, 0.15) is 57.2 Å². The first-order valence-electron chi connectivity index (χ1n) is 10.8. The van der Waals surface area contributed by atoms with Gasteiger partial charge in [0, 0.05) is 60.8 Å². The number of thiocarbonyl (C=S) groups is 1. The van der Waals surface area contributed by atoms with E-state index in [9.17, 15) is 0 Å². The highest BCUT2D eigenvalue weighted by atomic mass is 32.1. The van der Waals surface area contributed by atoms with Crippen molar-refractivity contribution in [3.63, 3.8) is 0 Å². The number of nitrogens with one attached hydrogen (secondary N) is 1. The third-order valence-corrected chi connectivity index (χ3v) is 7.19. The molecule has 2 aliphatic rings. The monoisotopic (exact) mass is 398 g/mol. The highest BCUT2D eigenvalue weighted by Gasteiger charge is 2.40. The van der Waals surface area contributed by atoms with Gasteiger partial charge in [0.15, 0.2) is 5.11 Å². The van der Waals surface area contributed by atoms with Gasteiger partial charge in [-0.25, -0.2) is 0 Å². The van der Waals surface area contributed by atoms with E-state index < -0.39 is 0 Å². The minimum Gasteiger partial charge on any atom is -0.359 e. The summed E-state index contributed by atoms with van der Waals surface area (Å²) in [6.45, 7) is 11.9. The van der Waals surface area contributed by atoms with E-state index in [-0.39, 0.29) is 0 Å². The van der Waals surface area contributed by atoms with Crippen LogP contribution in [0.5, 0.6) is 0 Å². The summed E-state index contributed by atoms with van der Waals surface area (Å²) in [5, 5.41) is 6.09. The predicted octanol–water partition coefficient (Wildman–Crippen LogP) is 4.15. The highest BCUT2D eigenvalue weighted by molar-refractivity contribution is 7.80. The van der Waals surface area contributed by atoms with Crippen LogP contribution in [0.15, 0.2) is 24.4 Å². The minimum atomic E-state index is 0.406. The molecule has 1 aromatic heterocycles. The lowest BCUT2D eigenvalue weighted by molar-refractivity contribution is 0.133. The first kappa shape index (κ1) is 19.7. The largest absolute Gasteiger partial charge is 0.359 e. The van der Waals surface area contributed by atoms with Crippen molar-refractivity contribution in [3.05, 3.63) is 35.5 Å². The van der Waals surface area contributed by atoms with Crippen molar-refractivity contribution >= 4 is 28.2 Å². The van der Waals surface area contributed by atoms with Crippen LogP contribution in [0.4, 0.5) is 0 Å². The van der Waals surface area contributed by atoms with Crippen LogP contribution < -0.4 is 5.32 Å². The van der Waals surface area contributed by atoms with Gasteiger partial charge in [-0.1, -0.05) is 12.1 Å². The normalized spacial score (nSPS) is 24.4. The lowest BCUT2D eigenvalue weighted by atomic mass is 9.74. The highest BCUT2D eigenvalue weighted by Crippen LogP contribution is 2.44. The van der Waals surface area contributed by atoms with Gasteiger partial charge in [0.05, 0.1) is 0 Å². The minimum absolute atomic E-state index is 0.406. The number of rotatable bonds is 4. The predicted molar refractivity (Wildman–Crippen MR) is 122 cm³/mol. The molecule has 1 N–H and O–H groups in total. The van der Waals surface area contributed by atoms with E-state index in [4.69, 9.17) is 12.2 Å². The Bertz CT molecular complexity index is 867. The first-order valence-corrected chi connectivity index (χ1v) is 11.2. The molecule has 2 heterocycles. The maximum Gasteiger partial charge on any atom is 0.169 e. The van der Waals surface area contributed by atoms with Crippen LogP contribution in [0.2, 0.25) is 0 Å². The molecular weight excluding hydrogens is 364 g/mol. The Hall–Kier alpha value is -1.59. The van der Waals surface area contributed by atoms with E-state index in [1.165, 1.54) is 22.0 Å². The summed E-state index contributed by atoms with van der Waals surface area (Å²) in [5.41, 5.74) is 4.46. The molecule has 0 bridgehead atoms. The van der Waals surface area contributed by atoms with E-state index in [1.54, 1.807) is 0 Å². The summed E-state index contributed by atoms with van der Waals surface area (Å²) < 4.78 is 2.46. The molecule has 4 rings (SSSR count). The lowest BCUT2D eigenvalue weighted by Gasteiger charge is -2.46. The van der Waals surface area contributed by atoms with Crippen molar-refractivity contribution in [2.24, 2.45) is 0 Å². The number of hydrogen-bond donors (Lipinski definition) is 1. The fourth-order valence-electron chi connectivity index (χ4n) is 5.38. The van der Waals surface area contributed by atoms with E-state index in [1.807, 2.05) is 0 Å². The van der Waals surface area contributed by atoms with Crippen molar-refractivity contribution in [1.29, 1.82) is 0 Å². The Labute approximate surface area is 174 Å². The maximum absolute atomic E-state index is 5.69. The molecule has 0 unspecified atom stereocenters. The molecule has 152 valence electrons. The van der Waals surface area contributed by atoms with E-state index >= 15 is 0 Å².